The van der Waals surface area contributed by atoms with Gasteiger partial charge in [0.2, 0.25) is 0 Å². The van der Waals surface area contributed by atoms with E-state index in [1.807, 2.05) is 6.92 Å². The summed E-state index contributed by atoms with van der Waals surface area (Å²) >= 11 is 0. The lowest BCUT2D eigenvalue weighted by Crippen LogP contribution is -1.91. The minimum atomic E-state index is 0.944. The van der Waals surface area contributed by atoms with Crippen LogP contribution >= 0.6 is 0 Å². The summed E-state index contributed by atoms with van der Waals surface area (Å²) in [6.45, 7) is 1.99. The van der Waals surface area contributed by atoms with Crippen LogP contribution in [-0.2, 0) is 6.42 Å². The molecule has 0 unspecified atom stereocenters. The first-order valence-electron chi connectivity index (χ1n) is 5.14. The molecule has 0 radical (unpaired) electrons. The minimum absolute atomic E-state index is 0.944. The molecule has 0 amide bonds. The molecule has 0 bridgehead atoms. The second-order valence-corrected chi connectivity index (χ2v) is 3.89. The molecule has 1 aromatic heterocycles. The Hall–Kier alpha value is -1.83. The van der Waals surface area contributed by atoms with Crippen molar-refractivity contribution in [3.05, 3.63) is 52.6 Å². The zero-order valence-corrected chi connectivity index (χ0v) is 8.62. The SMILES string of the molecule is Cc1nc2c([nH]1)Cc1ccccc1C=C2. The van der Waals surface area contributed by atoms with Gasteiger partial charge in [0, 0.05) is 12.1 Å². The summed E-state index contributed by atoms with van der Waals surface area (Å²) in [4.78, 5) is 7.77. The number of benzene rings is 1. The highest BCUT2D eigenvalue weighted by molar-refractivity contribution is 5.73. The van der Waals surface area contributed by atoms with E-state index in [0.29, 0.717) is 0 Å². The molecule has 1 heterocycles. The third-order valence-electron chi connectivity index (χ3n) is 2.77. The van der Waals surface area contributed by atoms with Crippen LogP contribution in [0.4, 0.5) is 0 Å². The number of nitrogens with zero attached hydrogens (tertiary/aromatic N) is 1. The van der Waals surface area contributed by atoms with Gasteiger partial charge in [-0.1, -0.05) is 30.3 Å². The van der Waals surface area contributed by atoms with Crippen LogP contribution in [0.15, 0.2) is 24.3 Å². The van der Waals surface area contributed by atoms with Gasteiger partial charge in [-0.3, -0.25) is 0 Å². The summed E-state index contributed by atoms with van der Waals surface area (Å²) in [7, 11) is 0. The molecule has 1 aromatic carbocycles. The van der Waals surface area contributed by atoms with Crippen LogP contribution in [0.5, 0.6) is 0 Å². The van der Waals surface area contributed by atoms with E-state index in [1.165, 1.54) is 16.8 Å². The van der Waals surface area contributed by atoms with Crippen LogP contribution in [0.2, 0.25) is 0 Å². The molecule has 2 heteroatoms. The van der Waals surface area contributed by atoms with Crippen LogP contribution in [0.1, 0.15) is 28.3 Å². The molecule has 0 spiro atoms. The Balaban J connectivity index is 2.17. The fraction of sp³-hybridized carbons (Fsp3) is 0.154. The standard InChI is InChI=1S/C13H12N2/c1-9-14-12-7-6-10-4-2-3-5-11(10)8-13(12)15-9/h2-7H,8H2,1H3,(H,14,15). The first-order valence-corrected chi connectivity index (χ1v) is 5.14. The highest BCUT2D eigenvalue weighted by atomic mass is 14.9. The summed E-state index contributed by atoms with van der Waals surface area (Å²) < 4.78 is 0. The molecule has 0 saturated heterocycles. The van der Waals surface area contributed by atoms with E-state index in [4.69, 9.17) is 0 Å². The number of aromatic amines is 1. The lowest BCUT2D eigenvalue weighted by molar-refractivity contribution is 1.07. The van der Waals surface area contributed by atoms with Gasteiger partial charge in [0.1, 0.15) is 5.82 Å². The van der Waals surface area contributed by atoms with E-state index < -0.39 is 0 Å². The molecule has 3 rings (SSSR count). The average molecular weight is 196 g/mol. The lowest BCUT2D eigenvalue weighted by Gasteiger charge is -2.01. The third-order valence-corrected chi connectivity index (χ3v) is 2.77. The van der Waals surface area contributed by atoms with E-state index >= 15 is 0 Å². The van der Waals surface area contributed by atoms with Crippen molar-refractivity contribution in [1.29, 1.82) is 0 Å². The number of H-pyrrole nitrogens is 1. The van der Waals surface area contributed by atoms with E-state index in [-0.39, 0.29) is 0 Å². The second-order valence-electron chi connectivity index (χ2n) is 3.89. The number of fused-ring (bicyclic) bond motifs is 2. The number of nitrogens with one attached hydrogen (secondary N) is 1. The predicted octanol–water partition coefficient (Wildman–Crippen LogP) is 2.79. The van der Waals surface area contributed by atoms with E-state index in [2.05, 4.69) is 46.4 Å². The molecular weight excluding hydrogens is 184 g/mol. The van der Waals surface area contributed by atoms with Crippen LogP contribution in [0.25, 0.3) is 12.2 Å². The summed E-state index contributed by atoms with van der Waals surface area (Å²) in [5.41, 5.74) is 4.94. The lowest BCUT2D eigenvalue weighted by atomic mass is 10.0. The van der Waals surface area contributed by atoms with Crippen LogP contribution < -0.4 is 0 Å². The molecule has 0 fully saturated rings. The maximum absolute atomic E-state index is 4.45. The van der Waals surface area contributed by atoms with Gasteiger partial charge in [-0.25, -0.2) is 4.98 Å². The number of imidazole rings is 1. The number of aromatic nitrogens is 2. The zero-order chi connectivity index (χ0) is 10.3. The van der Waals surface area contributed by atoms with Crippen molar-refractivity contribution in [2.24, 2.45) is 0 Å². The van der Waals surface area contributed by atoms with E-state index in [0.717, 1.165) is 17.9 Å². The van der Waals surface area contributed by atoms with Gasteiger partial charge in [-0.2, -0.15) is 0 Å². The zero-order valence-electron chi connectivity index (χ0n) is 8.62. The third kappa shape index (κ3) is 1.38. The van der Waals surface area contributed by atoms with Crippen molar-refractivity contribution in [3.63, 3.8) is 0 Å². The number of hydrogen-bond donors (Lipinski definition) is 1. The Bertz CT molecular complexity index is 535. The highest BCUT2D eigenvalue weighted by Crippen LogP contribution is 2.22. The van der Waals surface area contributed by atoms with Crippen molar-refractivity contribution in [2.75, 3.05) is 0 Å². The van der Waals surface area contributed by atoms with Crippen molar-refractivity contribution in [3.8, 4) is 0 Å². The highest BCUT2D eigenvalue weighted by Gasteiger charge is 2.11. The quantitative estimate of drug-likeness (QED) is 0.588. The van der Waals surface area contributed by atoms with Gasteiger partial charge in [0.05, 0.1) is 5.69 Å². The largest absolute Gasteiger partial charge is 0.345 e. The van der Waals surface area contributed by atoms with E-state index in [9.17, 15) is 0 Å². The maximum Gasteiger partial charge on any atom is 0.103 e. The molecule has 15 heavy (non-hydrogen) atoms. The van der Waals surface area contributed by atoms with Gasteiger partial charge in [0.25, 0.3) is 0 Å². The smallest absolute Gasteiger partial charge is 0.103 e. The average Bonchev–Trinajstić information content (AvgIpc) is 2.49. The summed E-state index contributed by atoms with van der Waals surface area (Å²) in [6, 6.07) is 8.47. The summed E-state index contributed by atoms with van der Waals surface area (Å²) in [5, 5.41) is 0. The van der Waals surface area contributed by atoms with Crippen molar-refractivity contribution < 1.29 is 0 Å². The number of rotatable bonds is 0. The maximum atomic E-state index is 4.45. The Morgan fingerprint density at radius 3 is 3.00 bits per heavy atom. The fourth-order valence-corrected chi connectivity index (χ4v) is 2.05. The fourth-order valence-electron chi connectivity index (χ4n) is 2.05. The Labute approximate surface area is 88.7 Å². The molecule has 0 aliphatic heterocycles. The first-order chi connectivity index (χ1) is 7.33. The van der Waals surface area contributed by atoms with Crippen molar-refractivity contribution in [2.45, 2.75) is 13.3 Å². The predicted molar refractivity (Wildman–Crippen MR) is 61.5 cm³/mol. The van der Waals surface area contributed by atoms with Gasteiger partial charge in [-0.05, 0) is 24.1 Å². The van der Waals surface area contributed by atoms with Crippen LogP contribution in [-0.4, -0.2) is 9.97 Å². The minimum Gasteiger partial charge on any atom is -0.345 e. The van der Waals surface area contributed by atoms with Gasteiger partial charge in [-0.15, -0.1) is 0 Å². The second kappa shape index (κ2) is 3.09. The molecule has 2 nitrogen and oxygen atoms in total. The number of hydrogen-bond acceptors (Lipinski definition) is 1. The molecule has 74 valence electrons. The molecule has 1 aliphatic rings. The molecule has 0 atom stereocenters. The van der Waals surface area contributed by atoms with E-state index in [1.54, 1.807) is 0 Å². The van der Waals surface area contributed by atoms with Gasteiger partial charge < -0.3 is 4.98 Å². The van der Waals surface area contributed by atoms with Crippen molar-refractivity contribution in [1.82, 2.24) is 9.97 Å². The number of aryl methyl sites for hydroxylation is 1. The molecule has 2 aromatic rings. The Kier molecular flexibility index (Phi) is 1.75. The summed E-state index contributed by atoms with van der Waals surface area (Å²) in [5.74, 6) is 0.990. The molecule has 1 aliphatic carbocycles. The molecular formula is C13H12N2. The van der Waals surface area contributed by atoms with Gasteiger partial charge in [0.15, 0.2) is 0 Å². The van der Waals surface area contributed by atoms with Gasteiger partial charge >= 0.3 is 0 Å². The molecule has 0 saturated carbocycles. The molecule has 1 N–H and O–H groups in total. The first kappa shape index (κ1) is 8.48. The van der Waals surface area contributed by atoms with Crippen LogP contribution in [0, 0.1) is 6.92 Å². The topological polar surface area (TPSA) is 28.7 Å². The van der Waals surface area contributed by atoms with Crippen molar-refractivity contribution >= 4 is 12.2 Å². The normalized spacial score (nSPS) is 13.1. The van der Waals surface area contributed by atoms with Crippen LogP contribution in [0.3, 0.4) is 0 Å². The summed E-state index contributed by atoms with van der Waals surface area (Å²) in [6.07, 6.45) is 5.17. The Morgan fingerprint density at radius 2 is 2.07 bits per heavy atom. The Morgan fingerprint density at radius 1 is 1.20 bits per heavy atom. The monoisotopic (exact) mass is 196 g/mol.